The molecule has 0 saturated carbocycles. The van der Waals surface area contributed by atoms with E-state index in [-0.39, 0.29) is 0 Å². The molecule has 0 amide bonds. The average Bonchev–Trinajstić information content (AvgIpc) is 2.97. The van der Waals surface area contributed by atoms with Crippen LogP contribution in [-0.2, 0) is 0 Å². The molecule has 20 heavy (non-hydrogen) atoms. The van der Waals surface area contributed by atoms with Gasteiger partial charge in [0, 0.05) is 19.6 Å². The molecule has 5 heterocycles. The largest absolute Gasteiger partial charge is 0.365 e. The quantitative estimate of drug-likeness (QED) is 0.907. The third-order valence-corrected chi connectivity index (χ3v) is 5.33. The van der Waals surface area contributed by atoms with E-state index < -0.39 is 0 Å². The summed E-state index contributed by atoms with van der Waals surface area (Å²) < 4.78 is 0. The lowest BCUT2D eigenvalue weighted by molar-refractivity contribution is 0.0974. The maximum absolute atomic E-state index is 4.62. The number of thiophene rings is 1. The molecule has 5 rings (SSSR count). The van der Waals surface area contributed by atoms with E-state index in [0.29, 0.717) is 12.0 Å². The van der Waals surface area contributed by atoms with Crippen LogP contribution in [0, 0.1) is 5.92 Å². The number of anilines is 2. The van der Waals surface area contributed by atoms with E-state index in [1.54, 1.807) is 11.3 Å². The molecule has 0 aliphatic carbocycles. The molecule has 2 N–H and O–H groups in total. The van der Waals surface area contributed by atoms with Crippen LogP contribution >= 0.6 is 11.3 Å². The van der Waals surface area contributed by atoms with Crippen molar-refractivity contribution in [3.05, 3.63) is 11.4 Å². The summed E-state index contributed by atoms with van der Waals surface area (Å²) in [6.07, 6.45) is 2.63. The molecule has 106 valence electrons. The minimum absolute atomic E-state index is 0.528. The molecule has 1 atom stereocenters. The Morgan fingerprint density at radius 1 is 1.30 bits per heavy atom. The third kappa shape index (κ3) is 2.03. The minimum Gasteiger partial charge on any atom is -0.365 e. The maximum atomic E-state index is 4.62. The Labute approximate surface area is 122 Å². The van der Waals surface area contributed by atoms with Crippen molar-refractivity contribution < 1.29 is 0 Å². The lowest BCUT2D eigenvalue weighted by Crippen LogP contribution is -2.53. The maximum Gasteiger partial charge on any atom is 0.225 e. The van der Waals surface area contributed by atoms with Gasteiger partial charge < -0.3 is 15.5 Å². The van der Waals surface area contributed by atoms with Crippen molar-refractivity contribution in [1.29, 1.82) is 0 Å². The van der Waals surface area contributed by atoms with Gasteiger partial charge in [0.25, 0.3) is 0 Å². The molecule has 3 fully saturated rings. The Morgan fingerprint density at radius 2 is 2.15 bits per heavy atom. The summed E-state index contributed by atoms with van der Waals surface area (Å²) >= 11 is 1.67. The fourth-order valence-corrected chi connectivity index (χ4v) is 4.15. The van der Waals surface area contributed by atoms with E-state index in [4.69, 9.17) is 0 Å². The molecule has 0 radical (unpaired) electrons. The number of hydrogen-bond donors (Lipinski definition) is 2. The smallest absolute Gasteiger partial charge is 0.225 e. The fraction of sp³-hybridized carbons (Fsp3) is 0.571. The summed E-state index contributed by atoms with van der Waals surface area (Å²) in [6, 6.07) is 2.64. The van der Waals surface area contributed by atoms with Crippen molar-refractivity contribution in [3.63, 3.8) is 0 Å². The topological polar surface area (TPSA) is 53.1 Å². The molecule has 3 aliphatic heterocycles. The monoisotopic (exact) mass is 289 g/mol. The minimum atomic E-state index is 0.528. The molecule has 6 heteroatoms. The first-order chi connectivity index (χ1) is 9.83. The number of hydrogen-bond acceptors (Lipinski definition) is 6. The zero-order chi connectivity index (χ0) is 13.5. The van der Waals surface area contributed by atoms with Gasteiger partial charge in [-0.2, -0.15) is 4.98 Å². The second-order valence-electron chi connectivity index (χ2n) is 5.67. The molecule has 0 aromatic carbocycles. The van der Waals surface area contributed by atoms with Crippen molar-refractivity contribution in [3.8, 4) is 0 Å². The Kier molecular flexibility index (Phi) is 3.00. The number of fused-ring (bicyclic) bond motifs is 4. The molecule has 2 aromatic rings. The predicted molar refractivity (Wildman–Crippen MR) is 83.5 cm³/mol. The van der Waals surface area contributed by atoms with Gasteiger partial charge >= 0.3 is 0 Å². The molecule has 2 aromatic heterocycles. The van der Waals surface area contributed by atoms with Gasteiger partial charge in [0.15, 0.2) is 0 Å². The Morgan fingerprint density at radius 3 is 2.85 bits per heavy atom. The molecule has 2 bridgehead atoms. The van der Waals surface area contributed by atoms with Gasteiger partial charge in [-0.15, -0.1) is 11.3 Å². The van der Waals surface area contributed by atoms with Gasteiger partial charge in [-0.05, 0) is 43.3 Å². The highest BCUT2D eigenvalue weighted by Crippen LogP contribution is 2.32. The molecular weight excluding hydrogens is 270 g/mol. The standard InChI is InChI=1S/C14H19N5S/c1-15-14-17-12(10-4-7-20-13(10)18-14)16-11-8-19-5-2-9(11)3-6-19/h4,7,9,11H,2-3,5-6,8H2,1H3,(H2,15,16,17,18). The van der Waals surface area contributed by atoms with E-state index in [0.717, 1.165) is 28.5 Å². The lowest BCUT2D eigenvalue weighted by Gasteiger charge is -2.45. The summed E-state index contributed by atoms with van der Waals surface area (Å²) in [6.45, 7) is 3.68. The van der Waals surface area contributed by atoms with Crippen LogP contribution in [0.15, 0.2) is 11.4 Å². The second-order valence-corrected chi connectivity index (χ2v) is 6.57. The van der Waals surface area contributed by atoms with Gasteiger partial charge in [-0.25, -0.2) is 4.98 Å². The van der Waals surface area contributed by atoms with E-state index in [1.807, 2.05) is 7.05 Å². The first kappa shape index (κ1) is 12.3. The number of nitrogens with one attached hydrogen (secondary N) is 2. The van der Waals surface area contributed by atoms with E-state index in [1.165, 1.54) is 25.9 Å². The van der Waals surface area contributed by atoms with Crippen LogP contribution in [0.4, 0.5) is 11.8 Å². The van der Waals surface area contributed by atoms with E-state index in [9.17, 15) is 0 Å². The summed E-state index contributed by atoms with van der Waals surface area (Å²) in [5.41, 5.74) is 0. The summed E-state index contributed by atoms with van der Waals surface area (Å²) in [5, 5.41) is 9.97. The number of nitrogens with zero attached hydrogens (tertiary/aromatic N) is 3. The molecule has 3 saturated heterocycles. The van der Waals surface area contributed by atoms with Crippen molar-refractivity contribution in [2.75, 3.05) is 37.3 Å². The van der Waals surface area contributed by atoms with Gasteiger partial charge in [0.2, 0.25) is 5.95 Å². The van der Waals surface area contributed by atoms with E-state index in [2.05, 4.69) is 36.9 Å². The van der Waals surface area contributed by atoms with Crippen molar-refractivity contribution in [2.45, 2.75) is 18.9 Å². The average molecular weight is 289 g/mol. The van der Waals surface area contributed by atoms with Crippen LogP contribution < -0.4 is 10.6 Å². The van der Waals surface area contributed by atoms with Crippen LogP contribution in [0.1, 0.15) is 12.8 Å². The van der Waals surface area contributed by atoms with Crippen molar-refractivity contribution in [2.24, 2.45) is 5.92 Å². The highest BCUT2D eigenvalue weighted by molar-refractivity contribution is 7.16. The fourth-order valence-electron chi connectivity index (χ4n) is 3.38. The zero-order valence-electron chi connectivity index (χ0n) is 11.6. The van der Waals surface area contributed by atoms with Crippen LogP contribution in [0.25, 0.3) is 10.2 Å². The number of piperidine rings is 3. The van der Waals surface area contributed by atoms with Crippen LogP contribution in [0.3, 0.4) is 0 Å². The first-order valence-corrected chi connectivity index (χ1v) is 8.13. The van der Waals surface area contributed by atoms with Gasteiger partial charge in [-0.3, -0.25) is 0 Å². The number of rotatable bonds is 3. The molecule has 5 nitrogen and oxygen atoms in total. The van der Waals surface area contributed by atoms with Gasteiger partial charge in [-0.1, -0.05) is 0 Å². The zero-order valence-corrected chi connectivity index (χ0v) is 12.4. The Bertz CT molecular complexity index is 617. The summed E-state index contributed by atoms with van der Waals surface area (Å²) in [7, 11) is 1.87. The summed E-state index contributed by atoms with van der Waals surface area (Å²) in [5.74, 6) is 2.48. The van der Waals surface area contributed by atoms with Crippen molar-refractivity contribution >= 4 is 33.3 Å². The van der Waals surface area contributed by atoms with Crippen LogP contribution in [0.2, 0.25) is 0 Å². The Hall–Kier alpha value is -1.40. The van der Waals surface area contributed by atoms with Gasteiger partial charge in [0.1, 0.15) is 10.6 Å². The van der Waals surface area contributed by atoms with Crippen LogP contribution in [-0.4, -0.2) is 47.6 Å². The first-order valence-electron chi connectivity index (χ1n) is 7.25. The van der Waals surface area contributed by atoms with Gasteiger partial charge in [0.05, 0.1) is 5.39 Å². The molecule has 1 unspecified atom stereocenters. The molecular formula is C14H19N5S. The SMILES string of the molecule is CNc1nc(NC2CN3CCC2CC3)c2ccsc2n1. The normalized spacial score (nSPS) is 28.8. The molecule has 0 spiro atoms. The summed E-state index contributed by atoms with van der Waals surface area (Å²) in [4.78, 5) is 12.7. The van der Waals surface area contributed by atoms with E-state index >= 15 is 0 Å². The third-order valence-electron chi connectivity index (χ3n) is 4.53. The number of aromatic nitrogens is 2. The predicted octanol–water partition coefficient (Wildman–Crippen LogP) is 2.24. The highest BCUT2D eigenvalue weighted by Gasteiger charge is 2.34. The molecule has 3 aliphatic rings. The second kappa shape index (κ2) is 4.86. The highest BCUT2D eigenvalue weighted by atomic mass is 32.1. The van der Waals surface area contributed by atoms with Crippen molar-refractivity contribution in [1.82, 2.24) is 14.9 Å². The Balaban J connectivity index is 1.66. The van der Waals surface area contributed by atoms with Crippen LogP contribution in [0.5, 0.6) is 0 Å². The lowest BCUT2D eigenvalue weighted by atomic mass is 9.84.